The van der Waals surface area contributed by atoms with Crippen molar-refractivity contribution in [3.63, 3.8) is 0 Å². The third kappa shape index (κ3) is 5.61. The van der Waals surface area contributed by atoms with Gasteiger partial charge in [-0.2, -0.15) is 0 Å². The van der Waals surface area contributed by atoms with Crippen molar-refractivity contribution >= 4 is 168 Å². The fourth-order valence-electron chi connectivity index (χ4n) is 11.0. The van der Waals surface area contributed by atoms with Crippen LogP contribution in [0.5, 0.6) is 0 Å². The molecule has 0 saturated carbocycles. The maximum atomic E-state index is 2.61. The molecule has 0 aliphatic carbocycles. The summed E-state index contributed by atoms with van der Waals surface area (Å²) >= 11 is 1.89. The quantitative estimate of drug-likeness (QED) is 0.237. The van der Waals surface area contributed by atoms with Crippen molar-refractivity contribution in [3.05, 3.63) is 164 Å². The number of fused-ring (bicyclic) bond motifs is 9. The summed E-state index contributed by atoms with van der Waals surface area (Å²) in [7, 11) is 16.4. The van der Waals surface area contributed by atoms with Crippen molar-refractivity contribution in [2.45, 2.75) is 0 Å². The lowest BCUT2D eigenvalue weighted by atomic mass is 9.64. The van der Waals surface area contributed by atoms with E-state index >= 15 is 0 Å². The molecule has 12 aromatic rings. The largest absolute Gasteiger partial charge is 0.310 e. The van der Waals surface area contributed by atoms with Crippen molar-refractivity contribution in [2.75, 3.05) is 0 Å². The van der Waals surface area contributed by atoms with Crippen molar-refractivity contribution in [1.82, 2.24) is 9.13 Å². The van der Waals surface area contributed by atoms with Crippen LogP contribution < -0.4 is 38.2 Å². The normalized spacial score (nSPS) is 11.9. The Balaban J connectivity index is 1.15. The smallest absolute Gasteiger partial charge is 0.141 e. The zero-order valence-electron chi connectivity index (χ0n) is 37.4. The monoisotopic (exact) mass is 826 g/mol. The highest BCUT2D eigenvalue weighted by Crippen LogP contribution is 2.41. The summed E-state index contributed by atoms with van der Waals surface area (Å²) in [6.45, 7) is 0. The van der Waals surface area contributed by atoms with Crippen molar-refractivity contribution < 1.29 is 0 Å². The highest BCUT2D eigenvalue weighted by molar-refractivity contribution is 7.25. The first-order chi connectivity index (χ1) is 31.2. The van der Waals surface area contributed by atoms with Gasteiger partial charge in [0.2, 0.25) is 0 Å². The summed E-state index contributed by atoms with van der Waals surface area (Å²) in [4.78, 5) is 0. The van der Waals surface area contributed by atoms with Crippen molar-refractivity contribution in [3.8, 4) is 44.8 Å². The maximum absolute atomic E-state index is 2.61. The number of rotatable bonds is 5. The fourth-order valence-corrected chi connectivity index (χ4v) is 12.2. The van der Waals surface area contributed by atoms with E-state index in [1.807, 2.05) is 11.3 Å². The second kappa shape index (κ2) is 14.7. The van der Waals surface area contributed by atoms with E-state index in [0.717, 1.165) is 0 Å². The van der Waals surface area contributed by atoms with Crippen LogP contribution in [0, 0.1) is 0 Å². The molecule has 0 aliphatic heterocycles. The molecular weight excluding hydrogens is 784 g/mol. The van der Waals surface area contributed by atoms with E-state index in [0.29, 0.717) is 0 Å². The molecular formula is C54H41B7N2S. The van der Waals surface area contributed by atoms with Crippen LogP contribution in [0.25, 0.3) is 109 Å². The Morgan fingerprint density at radius 1 is 0.344 bits per heavy atom. The zero-order chi connectivity index (χ0) is 43.5. The average Bonchev–Trinajstić information content (AvgIpc) is 4.00. The molecule has 0 radical (unpaired) electrons. The SMILES string of the molecule is Bc1c(B)c(B)c2c(c1B)c1c(B)c(-c3ccc4c(c3)c3cc(-c5ccccc5)ccc3n4-c3ccccc3-c3ccccc3)c(B)c(B)c1n2-c1ccc2c(c1)sc1ccccc12. The molecule has 0 bridgehead atoms. The van der Waals surface area contributed by atoms with E-state index in [1.54, 1.807) is 0 Å². The Hall–Kier alpha value is -6.75. The molecule has 0 N–H and O–H groups in total. The number of hydrogen-bond acceptors (Lipinski definition) is 1. The highest BCUT2D eigenvalue weighted by Gasteiger charge is 2.26. The van der Waals surface area contributed by atoms with Crippen LogP contribution in [0.4, 0.5) is 0 Å². The van der Waals surface area contributed by atoms with E-state index in [1.165, 1.54) is 147 Å². The maximum Gasteiger partial charge on any atom is 0.141 e. The van der Waals surface area contributed by atoms with Crippen LogP contribution >= 0.6 is 11.3 Å². The van der Waals surface area contributed by atoms with Crippen LogP contribution in [0.15, 0.2) is 164 Å². The molecule has 0 atom stereocenters. The fraction of sp³-hybridized carbons (Fsp3) is 0. The van der Waals surface area contributed by atoms with Crippen molar-refractivity contribution in [1.29, 1.82) is 0 Å². The minimum atomic E-state index is 1.18. The summed E-state index contributed by atoms with van der Waals surface area (Å²) in [5.41, 5.74) is 24.3. The van der Waals surface area contributed by atoms with Gasteiger partial charge in [0.15, 0.2) is 0 Å². The molecule has 64 heavy (non-hydrogen) atoms. The number of hydrogen-bond donors (Lipinski definition) is 0. The Bertz CT molecular complexity index is 3930. The predicted octanol–water partition coefficient (Wildman–Crippen LogP) is 3.06. The molecule has 3 aromatic heterocycles. The minimum absolute atomic E-state index is 1.18. The second-order valence-corrected chi connectivity index (χ2v) is 18.9. The third-order valence-electron chi connectivity index (χ3n) is 14.6. The third-order valence-corrected chi connectivity index (χ3v) is 15.8. The van der Waals surface area contributed by atoms with Gasteiger partial charge in [-0.3, -0.25) is 0 Å². The second-order valence-electron chi connectivity index (χ2n) is 17.9. The van der Waals surface area contributed by atoms with Crippen LogP contribution in [0.1, 0.15) is 0 Å². The summed E-state index contributed by atoms with van der Waals surface area (Å²) in [5.74, 6) is 0. The Morgan fingerprint density at radius 3 is 1.64 bits per heavy atom. The van der Waals surface area contributed by atoms with Gasteiger partial charge < -0.3 is 9.13 Å². The number of thiophene rings is 1. The number of nitrogens with zero attached hydrogens (tertiary/aromatic N) is 2. The number of benzene rings is 9. The molecule has 3 heterocycles. The van der Waals surface area contributed by atoms with Gasteiger partial charge in [0, 0.05) is 58.6 Å². The van der Waals surface area contributed by atoms with Crippen LogP contribution in [-0.4, -0.2) is 64.1 Å². The zero-order valence-corrected chi connectivity index (χ0v) is 38.2. The molecule has 0 fully saturated rings. The molecule has 0 spiro atoms. The molecule has 9 aromatic carbocycles. The molecule has 12 rings (SSSR count). The minimum Gasteiger partial charge on any atom is -0.310 e. The first-order valence-corrected chi connectivity index (χ1v) is 23.3. The Morgan fingerprint density at radius 2 is 0.906 bits per heavy atom. The van der Waals surface area contributed by atoms with E-state index < -0.39 is 0 Å². The molecule has 0 saturated heterocycles. The van der Waals surface area contributed by atoms with Gasteiger partial charge in [0.25, 0.3) is 0 Å². The van der Waals surface area contributed by atoms with Crippen LogP contribution in [0.2, 0.25) is 0 Å². The number of aromatic nitrogens is 2. The topological polar surface area (TPSA) is 9.86 Å². The van der Waals surface area contributed by atoms with Gasteiger partial charge in [-0.15, -0.1) is 16.8 Å². The lowest BCUT2D eigenvalue weighted by Gasteiger charge is -2.19. The van der Waals surface area contributed by atoms with E-state index in [2.05, 4.69) is 228 Å². The van der Waals surface area contributed by atoms with Gasteiger partial charge in [0.1, 0.15) is 54.9 Å². The highest BCUT2D eigenvalue weighted by atomic mass is 32.1. The molecule has 0 unspecified atom stereocenters. The lowest BCUT2D eigenvalue weighted by Crippen LogP contribution is -2.48. The predicted molar refractivity (Wildman–Crippen MR) is 302 cm³/mol. The van der Waals surface area contributed by atoms with Gasteiger partial charge in [-0.05, 0) is 81.7 Å². The lowest BCUT2D eigenvalue weighted by molar-refractivity contribution is 1.18. The summed E-state index contributed by atoms with van der Waals surface area (Å²) in [6, 6.07) is 60.6. The van der Waals surface area contributed by atoms with E-state index in [-0.39, 0.29) is 0 Å². The van der Waals surface area contributed by atoms with Gasteiger partial charge in [-0.25, -0.2) is 0 Å². The van der Waals surface area contributed by atoms with Crippen molar-refractivity contribution in [2.24, 2.45) is 0 Å². The van der Waals surface area contributed by atoms with Gasteiger partial charge >= 0.3 is 0 Å². The van der Waals surface area contributed by atoms with Crippen LogP contribution in [-0.2, 0) is 0 Å². The summed E-state index contributed by atoms with van der Waals surface area (Å²) in [6.07, 6.45) is 0. The first-order valence-electron chi connectivity index (χ1n) is 22.4. The standard InChI is InChI=1S/C54H41B7N2S/c55-46-43(47(56)51(60)53-44(46)45-48(57)49(58)50(59)52(61)54(45)62(53)32-21-22-35-34-16-8-10-18-41(34)64-42(35)27-32)31-20-24-40-37(26-31)36-25-30(28-11-3-1-4-12-28)19-23-39(36)63(40)38-17-9-7-15-33(38)29-13-5-2-6-14-29/h1-27H,55-61H2. The first kappa shape index (κ1) is 38.9. The molecule has 0 aliphatic rings. The summed E-state index contributed by atoms with van der Waals surface area (Å²) < 4.78 is 7.75. The van der Waals surface area contributed by atoms with Crippen LogP contribution in [0.3, 0.4) is 0 Å². The summed E-state index contributed by atoms with van der Waals surface area (Å²) in [5, 5.41) is 7.89. The van der Waals surface area contributed by atoms with Gasteiger partial charge in [0.05, 0.1) is 16.7 Å². The average molecular weight is 826 g/mol. The van der Waals surface area contributed by atoms with Gasteiger partial charge in [-0.1, -0.05) is 148 Å². The number of para-hydroxylation sites is 1. The Kier molecular flexibility index (Phi) is 8.91. The molecule has 10 heteroatoms. The van der Waals surface area contributed by atoms with E-state index in [4.69, 9.17) is 0 Å². The van der Waals surface area contributed by atoms with E-state index in [9.17, 15) is 0 Å². The molecule has 2 nitrogen and oxygen atoms in total. The molecule has 0 amide bonds. The Labute approximate surface area is 383 Å². The molecule has 294 valence electrons.